The lowest BCUT2D eigenvalue weighted by atomic mass is 9.97. The number of rotatable bonds is 5. The summed E-state index contributed by atoms with van der Waals surface area (Å²) >= 11 is 0. The van der Waals surface area contributed by atoms with E-state index in [2.05, 4.69) is 61.5 Å². The minimum absolute atomic E-state index is 0.207. The van der Waals surface area contributed by atoms with Crippen LogP contribution in [0.1, 0.15) is 49.6 Å². The van der Waals surface area contributed by atoms with Gasteiger partial charge in [-0.25, -0.2) is 0 Å². The van der Waals surface area contributed by atoms with Crippen LogP contribution >= 0.6 is 0 Å². The molecule has 1 atom stereocenters. The maximum atomic E-state index is 4.27. The largest absolute Gasteiger partial charge is 0.305 e. The summed E-state index contributed by atoms with van der Waals surface area (Å²) in [6.07, 6.45) is 1.85. The van der Waals surface area contributed by atoms with E-state index in [1.807, 2.05) is 17.9 Å². The molecule has 1 N–H and O–H groups in total. The summed E-state index contributed by atoms with van der Waals surface area (Å²) < 4.78 is 1.93. The van der Waals surface area contributed by atoms with Crippen LogP contribution in [0, 0.1) is 0 Å². The molecule has 0 fully saturated rings. The predicted octanol–water partition coefficient (Wildman–Crippen LogP) is 3.24. The second-order valence-electron chi connectivity index (χ2n) is 5.19. The van der Waals surface area contributed by atoms with Crippen molar-refractivity contribution in [3.63, 3.8) is 0 Å². The molecule has 1 aromatic carbocycles. The van der Waals surface area contributed by atoms with E-state index in [9.17, 15) is 0 Å². The summed E-state index contributed by atoms with van der Waals surface area (Å²) in [7, 11) is 1.99. The Morgan fingerprint density at radius 2 is 1.74 bits per heavy atom. The van der Waals surface area contributed by atoms with Crippen LogP contribution in [0.2, 0.25) is 0 Å². The molecule has 19 heavy (non-hydrogen) atoms. The lowest BCUT2D eigenvalue weighted by Crippen LogP contribution is -2.24. The van der Waals surface area contributed by atoms with Gasteiger partial charge in [0.1, 0.15) is 0 Å². The molecule has 3 heteroatoms. The molecular weight excluding hydrogens is 234 g/mol. The van der Waals surface area contributed by atoms with Gasteiger partial charge in [-0.05, 0) is 29.7 Å². The number of nitrogens with one attached hydrogen (secondary N) is 1. The lowest BCUT2D eigenvalue weighted by molar-refractivity contribution is 0.572. The Morgan fingerprint density at radius 1 is 1.11 bits per heavy atom. The van der Waals surface area contributed by atoms with Crippen LogP contribution in [0.4, 0.5) is 0 Å². The highest BCUT2D eigenvalue weighted by atomic mass is 15.3. The highest BCUT2D eigenvalue weighted by Crippen LogP contribution is 2.23. The molecular formula is C16H23N3. The summed E-state index contributed by atoms with van der Waals surface area (Å²) in [6, 6.07) is 11.2. The summed E-state index contributed by atoms with van der Waals surface area (Å²) in [5.41, 5.74) is 3.86. The van der Waals surface area contributed by atoms with Crippen molar-refractivity contribution in [1.82, 2.24) is 15.1 Å². The van der Waals surface area contributed by atoms with E-state index in [0.717, 1.165) is 6.54 Å². The van der Waals surface area contributed by atoms with Gasteiger partial charge < -0.3 is 5.32 Å². The minimum atomic E-state index is 0.207. The zero-order chi connectivity index (χ0) is 13.8. The Hall–Kier alpha value is -1.61. The van der Waals surface area contributed by atoms with Crippen molar-refractivity contribution >= 4 is 0 Å². The Balaban J connectivity index is 2.31. The molecule has 102 valence electrons. The van der Waals surface area contributed by atoms with E-state index < -0.39 is 0 Å². The Bertz CT molecular complexity index is 511. The van der Waals surface area contributed by atoms with Crippen molar-refractivity contribution < 1.29 is 0 Å². The summed E-state index contributed by atoms with van der Waals surface area (Å²) in [6.45, 7) is 7.50. The van der Waals surface area contributed by atoms with Crippen molar-refractivity contribution in [2.45, 2.75) is 32.7 Å². The molecule has 0 radical (unpaired) electrons. The molecule has 2 rings (SSSR count). The van der Waals surface area contributed by atoms with Crippen LogP contribution < -0.4 is 5.32 Å². The number of aromatic nitrogens is 2. The molecule has 2 aromatic rings. The third-order valence-electron chi connectivity index (χ3n) is 3.50. The lowest BCUT2D eigenvalue weighted by Gasteiger charge is -2.19. The fraction of sp³-hybridized carbons (Fsp3) is 0.438. The first-order valence-corrected chi connectivity index (χ1v) is 6.94. The predicted molar refractivity (Wildman–Crippen MR) is 79.3 cm³/mol. The fourth-order valence-electron chi connectivity index (χ4n) is 2.34. The van der Waals surface area contributed by atoms with Crippen molar-refractivity contribution in [1.29, 1.82) is 0 Å². The zero-order valence-electron chi connectivity index (χ0n) is 12.2. The Morgan fingerprint density at radius 3 is 2.21 bits per heavy atom. The SMILES string of the molecule is CCNC(c1ccc(C(C)C)cc1)c1ccnn1C. The first-order valence-electron chi connectivity index (χ1n) is 6.94. The highest BCUT2D eigenvalue weighted by Gasteiger charge is 2.16. The van der Waals surface area contributed by atoms with Crippen LogP contribution in [0.5, 0.6) is 0 Å². The van der Waals surface area contributed by atoms with Crippen molar-refractivity contribution in [3.8, 4) is 0 Å². The van der Waals surface area contributed by atoms with Crippen molar-refractivity contribution in [3.05, 3.63) is 53.3 Å². The van der Waals surface area contributed by atoms with Crippen LogP contribution in [0.3, 0.4) is 0 Å². The molecule has 0 saturated heterocycles. The number of hydrogen-bond acceptors (Lipinski definition) is 2. The van der Waals surface area contributed by atoms with Crippen LogP contribution in [-0.2, 0) is 7.05 Å². The smallest absolute Gasteiger partial charge is 0.0748 e. The summed E-state index contributed by atoms with van der Waals surface area (Å²) in [4.78, 5) is 0. The van der Waals surface area contributed by atoms with Gasteiger partial charge in [0.25, 0.3) is 0 Å². The van der Waals surface area contributed by atoms with E-state index in [1.54, 1.807) is 0 Å². The quantitative estimate of drug-likeness (QED) is 0.891. The molecule has 0 spiro atoms. The van der Waals surface area contributed by atoms with E-state index in [-0.39, 0.29) is 6.04 Å². The van der Waals surface area contributed by atoms with Gasteiger partial charge in [-0.15, -0.1) is 0 Å². The molecule has 0 aliphatic heterocycles. The Kier molecular flexibility index (Phi) is 4.38. The maximum absolute atomic E-state index is 4.27. The van der Waals surface area contributed by atoms with Crippen LogP contribution in [-0.4, -0.2) is 16.3 Å². The molecule has 0 bridgehead atoms. The standard InChI is InChI=1S/C16H23N3/c1-5-17-16(15-10-11-18-19(15)4)14-8-6-13(7-9-14)12(2)3/h6-12,16-17H,5H2,1-4H3. The van der Waals surface area contributed by atoms with Crippen LogP contribution in [0.25, 0.3) is 0 Å². The third kappa shape index (κ3) is 3.04. The van der Waals surface area contributed by atoms with Gasteiger partial charge in [0.2, 0.25) is 0 Å². The monoisotopic (exact) mass is 257 g/mol. The van der Waals surface area contributed by atoms with Gasteiger partial charge in [-0.2, -0.15) is 5.10 Å². The van der Waals surface area contributed by atoms with Crippen LogP contribution in [0.15, 0.2) is 36.5 Å². The normalized spacial score (nSPS) is 12.9. The zero-order valence-corrected chi connectivity index (χ0v) is 12.2. The molecule has 0 aliphatic rings. The molecule has 1 heterocycles. The second kappa shape index (κ2) is 6.02. The van der Waals surface area contributed by atoms with Gasteiger partial charge in [-0.3, -0.25) is 4.68 Å². The average molecular weight is 257 g/mol. The number of nitrogens with zero attached hydrogens (tertiary/aromatic N) is 2. The van der Waals surface area contributed by atoms with Crippen molar-refractivity contribution in [2.24, 2.45) is 7.05 Å². The van der Waals surface area contributed by atoms with Gasteiger partial charge >= 0.3 is 0 Å². The molecule has 0 saturated carbocycles. The van der Waals surface area contributed by atoms with E-state index in [0.29, 0.717) is 5.92 Å². The van der Waals surface area contributed by atoms with Gasteiger partial charge in [0.05, 0.1) is 11.7 Å². The average Bonchev–Trinajstić information content (AvgIpc) is 2.82. The number of hydrogen-bond donors (Lipinski definition) is 1. The first kappa shape index (κ1) is 13.8. The minimum Gasteiger partial charge on any atom is -0.305 e. The highest BCUT2D eigenvalue weighted by molar-refractivity contribution is 5.31. The van der Waals surface area contributed by atoms with Gasteiger partial charge in [0, 0.05) is 13.2 Å². The third-order valence-corrected chi connectivity index (χ3v) is 3.50. The molecule has 0 aliphatic carbocycles. The molecule has 1 unspecified atom stereocenters. The summed E-state index contributed by atoms with van der Waals surface area (Å²) in [5, 5.41) is 7.80. The van der Waals surface area contributed by atoms with E-state index >= 15 is 0 Å². The van der Waals surface area contributed by atoms with Gasteiger partial charge in [0.15, 0.2) is 0 Å². The maximum Gasteiger partial charge on any atom is 0.0748 e. The molecule has 1 aromatic heterocycles. The number of benzene rings is 1. The van der Waals surface area contributed by atoms with E-state index in [4.69, 9.17) is 0 Å². The van der Waals surface area contributed by atoms with Crippen molar-refractivity contribution in [2.75, 3.05) is 6.54 Å². The van der Waals surface area contributed by atoms with Gasteiger partial charge in [-0.1, -0.05) is 45.0 Å². The van der Waals surface area contributed by atoms with E-state index in [1.165, 1.54) is 16.8 Å². The number of aryl methyl sites for hydroxylation is 1. The fourth-order valence-corrected chi connectivity index (χ4v) is 2.34. The first-order chi connectivity index (χ1) is 9.13. The second-order valence-corrected chi connectivity index (χ2v) is 5.19. The topological polar surface area (TPSA) is 29.9 Å². The Labute approximate surface area is 115 Å². The molecule has 3 nitrogen and oxygen atoms in total. The summed E-state index contributed by atoms with van der Waals surface area (Å²) in [5.74, 6) is 0.573. The molecule has 0 amide bonds.